The molecule has 67 heavy (non-hydrogen) atoms. The first kappa shape index (κ1) is 45.0. The van der Waals surface area contributed by atoms with Crippen molar-refractivity contribution in [3.05, 3.63) is 109 Å². The van der Waals surface area contributed by atoms with Crippen LogP contribution in [-0.2, 0) is 9.59 Å². The molecule has 352 valence electrons. The van der Waals surface area contributed by atoms with E-state index in [9.17, 15) is 9.59 Å². The van der Waals surface area contributed by atoms with Crippen LogP contribution in [-0.4, -0.2) is 142 Å². The van der Waals surface area contributed by atoms with E-state index < -0.39 is 5.97 Å². The predicted molar refractivity (Wildman–Crippen MR) is 267 cm³/mol. The number of likely N-dealkylation sites (tertiary alicyclic amines) is 2. The Morgan fingerprint density at radius 3 is 1.39 bits per heavy atom. The van der Waals surface area contributed by atoms with Crippen LogP contribution in [0.4, 0.5) is 11.4 Å². The maximum atomic E-state index is 12.4. The summed E-state index contributed by atoms with van der Waals surface area (Å²) in [6.45, 7) is 21.4. The summed E-state index contributed by atoms with van der Waals surface area (Å²) >= 11 is 0. The molecule has 4 aliphatic heterocycles. The minimum absolute atomic E-state index is 0.0185. The molecule has 6 aromatic rings. The van der Waals surface area contributed by atoms with Crippen LogP contribution in [0.5, 0.6) is 0 Å². The number of aliphatic carboxylic acids is 1. The Kier molecular flexibility index (Phi) is 13.1. The fraction of sp³-hybridized carbons (Fsp3) is 0.481. The fourth-order valence-electron chi connectivity index (χ4n) is 10.0. The van der Waals surface area contributed by atoms with Crippen molar-refractivity contribution in [1.29, 1.82) is 0 Å². The molecule has 0 bridgehead atoms. The van der Waals surface area contributed by atoms with E-state index in [-0.39, 0.29) is 5.92 Å². The molecule has 4 aromatic heterocycles. The molecule has 13 heteroatoms. The SMILES string of the molecule is CC(C)N1CC(c2ccc(-c3cc4c(N5CCN(C(=O)C6CC6)CC5)ccnn4c3)cc2)C1.CC(C)N1CC(c2ccc(-c3cc4c(N5CCNCC5)ccnn4c3)cc2)C1.O=C(O)C1CC1. The normalized spacial score (nSPS) is 19.5. The fourth-order valence-corrected chi connectivity index (χ4v) is 10.0. The molecular weight excluding hydrogens is 837 g/mol. The van der Waals surface area contributed by atoms with Crippen molar-refractivity contribution in [2.24, 2.45) is 11.8 Å². The molecule has 6 fully saturated rings. The van der Waals surface area contributed by atoms with E-state index in [1.165, 1.54) is 76.5 Å². The van der Waals surface area contributed by atoms with E-state index in [0.717, 1.165) is 83.6 Å². The lowest BCUT2D eigenvalue weighted by molar-refractivity contribution is -0.138. The third-order valence-electron chi connectivity index (χ3n) is 14.9. The molecule has 0 spiro atoms. The number of benzene rings is 2. The topological polar surface area (TPSA) is 117 Å². The van der Waals surface area contributed by atoms with Crippen molar-refractivity contribution in [3.63, 3.8) is 0 Å². The van der Waals surface area contributed by atoms with Gasteiger partial charge in [-0.15, -0.1) is 0 Å². The van der Waals surface area contributed by atoms with Crippen molar-refractivity contribution in [2.45, 2.75) is 77.3 Å². The van der Waals surface area contributed by atoms with Gasteiger partial charge in [0, 0.05) is 144 Å². The number of nitrogens with one attached hydrogen (secondary N) is 1. The van der Waals surface area contributed by atoms with Crippen molar-refractivity contribution in [1.82, 2.24) is 39.2 Å². The molecule has 6 aliphatic rings. The number of amides is 1. The van der Waals surface area contributed by atoms with Gasteiger partial charge in [0.25, 0.3) is 0 Å². The molecule has 2 aliphatic carbocycles. The highest BCUT2D eigenvalue weighted by atomic mass is 16.4. The average Bonchev–Trinajstić information content (AvgIpc) is 4.26. The lowest BCUT2D eigenvalue weighted by Crippen LogP contribution is -2.49. The third kappa shape index (κ3) is 10.1. The second kappa shape index (κ2) is 19.5. The highest BCUT2D eigenvalue weighted by molar-refractivity contribution is 5.83. The highest BCUT2D eigenvalue weighted by Crippen LogP contribution is 2.36. The largest absolute Gasteiger partial charge is 0.481 e. The van der Waals surface area contributed by atoms with E-state index >= 15 is 0 Å². The first-order valence-corrected chi connectivity index (χ1v) is 24.9. The zero-order valence-electron chi connectivity index (χ0n) is 39.8. The van der Waals surface area contributed by atoms with Crippen LogP contribution in [0.1, 0.15) is 76.3 Å². The summed E-state index contributed by atoms with van der Waals surface area (Å²) in [5, 5.41) is 20.6. The lowest BCUT2D eigenvalue weighted by Gasteiger charge is -2.42. The summed E-state index contributed by atoms with van der Waals surface area (Å²) in [7, 11) is 0. The summed E-state index contributed by atoms with van der Waals surface area (Å²) in [5.41, 5.74) is 12.6. The summed E-state index contributed by atoms with van der Waals surface area (Å²) in [4.78, 5) is 34.1. The molecule has 0 unspecified atom stereocenters. The standard InChI is InChI=1S/C27H33N5O.C23H29N5.C4H6O2/c1-19(2)31-16-24(17-31)21-5-3-20(4-6-21)23-15-26-25(9-10-28-32(26)18-23)29-11-13-30(14-12-29)27(33)22-7-8-22;1-17(2)27-14-21(15-27)19-5-3-18(4-6-19)20-13-23-22(7-8-25-28(23)16-20)26-11-9-24-10-12-26;5-4(6)3-1-2-3/h3-6,9-10,15,18-19,22,24H,7-8,11-14,16-17H2,1-2H3;3-8,13,16-17,21,24H,9-12,14-15H2,1-2H3;3H,1-2H2,(H,5,6). The number of hydrogen-bond donors (Lipinski definition) is 2. The molecule has 2 aromatic carbocycles. The number of hydrogen-bond acceptors (Lipinski definition) is 9. The number of nitrogens with zero attached hydrogens (tertiary/aromatic N) is 9. The Morgan fingerprint density at radius 2 is 1.00 bits per heavy atom. The second-order valence-electron chi connectivity index (χ2n) is 20.2. The monoisotopic (exact) mass is 905 g/mol. The maximum absolute atomic E-state index is 12.4. The van der Waals surface area contributed by atoms with E-state index in [1.54, 1.807) is 0 Å². The van der Waals surface area contributed by atoms with Crippen LogP contribution in [0, 0.1) is 11.8 Å². The predicted octanol–water partition coefficient (Wildman–Crippen LogP) is 7.57. The molecule has 4 saturated heterocycles. The van der Waals surface area contributed by atoms with E-state index in [2.05, 4.69) is 153 Å². The van der Waals surface area contributed by atoms with Crippen molar-refractivity contribution >= 4 is 34.3 Å². The molecule has 12 rings (SSSR count). The zero-order valence-corrected chi connectivity index (χ0v) is 39.8. The zero-order chi connectivity index (χ0) is 46.2. The van der Waals surface area contributed by atoms with Gasteiger partial charge in [0.15, 0.2) is 0 Å². The average molecular weight is 905 g/mol. The summed E-state index contributed by atoms with van der Waals surface area (Å²) in [6.07, 6.45) is 12.0. The van der Waals surface area contributed by atoms with Gasteiger partial charge in [-0.1, -0.05) is 48.5 Å². The van der Waals surface area contributed by atoms with E-state index in [0.29, 0.717) is 35.7 Å². The van der Waals surface area contributed by atoms with Gasteiger partial charge < -0.3 is 25.1 Å². The number of carboxylic acid groups (broad SMARTS) is 1. The van der Waals surface area contributed by atoms with Gasteiger partial charge in [0.05, 0.1) is 28.3 Å². The highest BCUT2D eigenvalue weighted by Gasteiger charge is 2.35. The second-order valence-corrected chi connectivity index (χ2v) is 20.2. The van der Waals surface area contributed by atoms with Crippen molar-refractivity contribution in [2.75, 3.05) is 88.3 Å². The van der Waals surface area contributed by atoms with Crippen LogP contribution in [0.25, 0.3) is 33.3 Å². The number of anilines is 2. The lowest BCUT2D eigenvalue weighted by atomic mass is 9.89. The van der Waals surface area contributed by atoms with Gasteiger partial charge in [0.1, 0.15) is 0 Å². The molecule has 1 amide bonds. The Hall–Kier alpha value is -5.76. The molecule has 0 radical (unpaired) electrons. The smallest absolute Gasteiger partial charge is 0.306 e. The Balaban J connectivity index is 0.000000141. The molecule has 0 atom stereocenters. The number of piperazine rings is 2. The van der Waals surface area contributed by atoms with Crippen molar-refractivity contribution in [3.8, 4) is 22.3 Å². The first-order valence-electron chi connectivity index (χ1n) is 24.9. The Bertz CT molecular complexity index is 2640. The third-order valence-corrected chi connectivity index (χ3v) is 14.9. The van der Waals surface area contributed by atoms with Gasteiger partial charge in [-0.3, -0.25) is 19.4 Å². The van der Waals surface area contributed by atoms with Crippen LogP contribution in [0.15, 0.2) is 97.6 Å². The quantitative estimate of drug-likeness (QED) is 0.143. The summed E-state index contributed by atoms with van der Waals surface area (Å²) in [5.74, 6) is 1.41. The first-order chi connectivity index (χ1) is 32.6. The van der Waals surface area contributed by atoms with Crippen LogP contribution < -0.4 is 15.1 Å². The number of aromatic nitrogens is 4. The van der Waals surface area contributed by atoms with Gasteiger partial charge >= 0.3 is 5.97 Å². The molecular formula is C54H68N10O3. The number of fused-ring (bicyclic) bond motifs is 2. The number of carbonyl (C=O) groups excluding carboxylic acids is 1. The molecule has 13 nitrogen and oxygen atoms in total. The number of carboxylic acids is 1. The Labute approximate surface area is 395 Å². The van der Waals surface area contributed by atoms with Gasteiger partial charge in [-0.25, -0.2) is 9.03 Å². The van der Waals surface area contributed by atoms with E-state index in [4.69, 9.17) is 5.11 Å². The van der Waals surface area contributed by atoms with Crippen molar-refractivity contribution < 1.29 is 14.7 Å². The van der Waals surface area contributed by atoms with Crippen LogP contribution in [0.2, 0.25) is 0 Å². The minimum atomic E-state index is -0.630. The van der Waals surface area contributed by atoms with Crippen LogP contribution >= 0.6 is 0 Å². The number of carbonyl (C=O) groups is 2. The van der Waals surface area contributed by atoms with Gasteiger partial charge in [-0.2, -0.15) is 10.2 Å². The summed E-state index contributed by atoms with van der Waals surface area (Å²) < 4.78 is 4.01. The minimum Gasteiger partial charge on any atom is -0.481 e. The molecule has 2 N–H and O–H groups in total. The maximum Gasteiger partial charge on any atom is 0.306 e. The summed E-state index contributed by atoms with van der Waals surface area (Å²) in [6, 6.07) is 28.3. The van der Waals surface area contributed by atoms with Gasteiger partial charge in [0.2, 0.25) is 5.91 Å². The molecule has 2 saturated carbocycles. The van der Waals surface area contributed by atoms with Crippen LogP contribution in [0.3, 0.4) is 0 Å². The Morgan fingerprint density at radius 1 is 0.567 bits per heavy atom. The number of rotatable bonds is 10. The molecule has 8 heterocycles. The van der Waals surface area contributed by atoms with Gasteiger partial charge in [-0.05, 0) is 99.9 Å². The van der Waals surface area contributed by atoms with E-state index in [1.807, 2.05) is 21.4 Å².